The van der Waals surface area contributed by atoms with Crippen molar-refractivity contribution in [1.82, 2.24) is 0 Å². The number of nitriles is 1. The summed E-state index contributed by atoms with van der Waals surface area (Å²) in [6, 6.07) is 22.6. The minimum atomic E-state index is -3.86. The van der Waals surface area contributed by atoms with Gasteiger partial charge in [0.15, 0.2) is 0 Å². The zero-order valence-corrected chi connectivity index (χ0v) is 16.5. The maximum atomic E-state index is 12.7. The molecule has 1 atom stereocenters. The standard InChI is InChI=1S/C21H17ClN2O3S/c1-27-20-9-5-6-10-21(20)28(25,26)24-16-11-12-17(19(22)13-16)18(14-23)15-7-3-2-4-8-15/h2-13,18,24H,1H3/t18-/m0/s1. The van der Waals surface area contributed by atoms with Crippen LogP contribution in [0.2, 0.25) is 5.02 Å². The number of hydrogen-bond acceptors (Lipinski definition) is 4. The van der Waals surface area contributed by atoms with Crippen molar-refractivity contribution in [1.29, 1.82) is 5.26 Å². The van der Waals surface area contributed by atoms with Gasteiger partial charge in [0, 0.05) is 5.02 Å². The zero-order valence-electron chi connectivity index (χ0n) is 15.0. The van der Waals surface area contributed by atoms with Gasteiger partial charge in [-0.25, -0.2) is 8.42 Å². The Hall–Kier alpha value is -3.01. The number of hydrogen-bond donors (Lipinski definition) is 1. The van der Waals surface area contributed by atoms with Crippen LogP contribution in [0.5, 0.6) is 5.75 Å². The Bertz CT molecular complexity index is 1130. The summed E-state index contributed by atoms with van der Waals surface area (Å²) in [5.41, 5.74) is 1.72. The van der Waals surface area contributed by atoms with E-state index < -0.39 is 15.9 Å². The molecule has 0 aliphatic rings. The van der Waals surface area contributed by atoms with Crippen molar-refractivity contribution >= 4 is 27.3 Å². The topological polar surface area (TPSA) is 79.2 Å². The van der Waals surface area contributed by atoms with Gasteiger partial charge in [0.25, 0.3) is 10.0 Å². The van der Waals surface area contributed by atoms with Crippen LogP contribution in [-0.2, 0) is 10.0 Å². The normalized spacial score (nSPS) is 12.0. The Labute approximate surface area is 169 Å². The van der Waals surface area contributed by atoms with Crippen molar-refractivity contribution in [3.05, 3.63) is 88.9 Å². The number of sulfonamides is 1. The molecule has 0 amide bonds. The fraction of sp³-hybridized carbons (Fsp3) is 0.0952. The highest BCUT2D eigenvalue weighted by atomic mass is 35.5. The molecule has 3 rings (SSSR count). The molecule has 0 radical (unpaired) electrons. The van der Waals surface area contributed by atoms with Gasteiger partial charge in [-0.15, -0.1) is 0 Å². The summed E-state index contributed by atoms with van der Waals surface area (Å²) >= 11 is 6.38. The summed E-state index contributed by atoms with van der Waals surface area (Å²) in [4.78, 5) is 0.0249. The Morgan fingerprint density at radius 2 is 1.71 bits per heavy atom. The van der Waals surface area contributed by atoms with E-state index in [2.05, 4.69) is 10.8 Å². The van der Waals surface area contributed by atoms with Crippen molar-refractivity contribution in [3.63, 3.8) is 0 Å². The van der Waals surface area contributed by atoms with E-state index in [1.54, 1.807) is 30.3 Å². The molecule has 0 aliphatic heterocycles. The first-order chi connectivity index (χ1) is 13.5. The van der Waals surface area contributed by atoms with Crippen LogP contribution in [0.15, 0.2) is 77.7 Å². The first kappa shape index (κ1) is 19.7. The number of ether oxygens (including phenoxy) is 1. The van der Waals surface area contributed by atoms with E-state index >= 15 is 0 Å². The summed E-state index contributed by atoms with van der Waals surface area (Å²) in [6.45, 7) is 0. The molecule has 0 saturated carbocycles. The van der Waals surface area contributed by atoms with Crippen LogP contribution in [0.3, 0.4) is 0 Å². The summed E-state index contributed by atoms with van der Waals surface area (Å²) in [6.07, 6.45) is 0. The van der Waals surface area contributed by atoms with E-state index in [1.165, 1.54) is 19.2 Å². The number of halogens is 1. The second-order valence-corrected chi connectivity index (χ2v) is 8.02. The monoisotopic (exact) mass is 412 g/mol. The number of anilines is 1. The average Bonchev–Trinajstić information content (AvgIpc) is 2.70. The van der Waals surface area contributed by atoms with Crippen molar-refractivity contribution in [2.75, 3.05) is 11.8 Å². The van der Waals surface area contributed by atoms with Gasteiger partial charge >= 0.3 is 0 Å². The van der Waals surface area contributed by atoms with E-state index in [0.29, 0.717) is 16.3 Å². The molecule has 3 aromatic carbocycles. The molecular weight excluding hydrogens is 396 g/mol. The Morgan fingerprint density at radius 3 is 2.36 bits per heavy atom. The molecule has 0 aromatic heterocycles. The van der Waals surface area contributed by atoms with Gasteiger partial charge in [-0.3, -0.25) is 4.72 Å². The molecule has 0 unspecified atom stereocenters. The van der Waals surface area contributed by atoms with Gasteiger partial charge in [0.2, 0.25) is 0 Å². The van der Waals surface area contributed by atoms with Crippen molar-refractivity contribution in [2.24, 2.45) is 0 Å². The fourth-order valence-corrected chi connectivity index (χ4v) is 4.36. The van der Waals surface area contributed by atoms with Crippen LogP contribution in [-0.4, -0.2) is 15.5 Å². The third-order valence-corrected chi connectivity index (χ3v) is 5.93. The van der Waals surface area contributed by atoms with Gasteiger partial charge in [0.1, 0.15) is 10.6 Å². The van der Waals surface area contributed by atoms with E-state index in [0.717, 1.165) is 5.56 Å². The van der Waals surface area contributed by atoms with E-state index in [4.69, 9.17) is 16.3 Å². The minimum absolute atomic E-state index is 0.0249. The molecule has 0 fully saturated rings. The fourth-order valence-electron chi connectivity index (χ4n) is 2.84. The summed E-state index contributed by atoms with van der Waals surface area (Å²) in [7, 11) is -2.45. The molecule has 0 heterocycles. The number of rotatable bonds is 6. The maximum absolute atomic E-state index is 12.7. The Kier molecular flexibility index (Phi) is 5.88. The smallest absolute Gasteiger partial charge is 0.265 e. The maximum Gasteiger partial charge on any atom is 0.265 e. The van der Waals surface area contributed by atoms with E-state index in [-0.39, 0.29) is 10.6 Å². The van der Waals surface area contributed by atoms with Crippen molar-refractivity contribution in [3.8, 4) is 11.8 Å². The molecule has 142 valence electrons. The van der Waals surface area contributed by atoms with Crippen LogP contribution < -0.4 is 9.46 Å². The SMILES string of the molecule is COc1ccccc1S(=O)(=O)Nc1ccc([C@@H](C#N)c2ccccc2)c(Cl)c1. The molecule has 3 aromatic rings. The molecule has 5 nitrogen and oxygen atoms in total. The van der Waals surface area contributed by atoms with Crippen molar-refractivity contribution in [2.45, 2.75) is 10.8 Å². The first-order valence-electron chi connectivity index (χ1n) is 8.36. The Morgan fingerprint density at radius 1 is 1.04 bits per heavy atom. The second kappa shape index (κ2) is 8.34. The van der Waals surface area contributed by atoms with Crippen LogP contribution in [0.25, 0.3) is 0 Å². The lowest BCUT2D eigenvalue weighted by atomic mass is 9.92. The predicted octanol–water partition coefficient (Wildman–Crippen LogP) is 4.80. The quantitative estimate of drug-likeness (QED) is 0.630. The van der Waals surface area contributed by atoms with E-state index in [9.17, 15) is 13.7 Å². The first-order valence-corrected chi connectivity index (χ1v) is 10.2. The number of para-hydroxylation sites is 1. The molecule has 7 heteroatoms. The van der Waals surface area contributed by atoms with Crippen LogP contribution in [0.4, 0.5) is 5.69 Å². The van der Waals surface area contributed by atoms with Gasteiger partial charge < -0.3 is 4.74 Å². The highest BCUT2D eigenvalue weighted by Gasteiger charge is 2.21. The predicted molar refractivity (Wildman–Crippen MR) is 109 cm³/mol. The Balaban J connectivity index is 1.92. The third kappa shape index (κ3) is 4.11. The van der Waals surface area contributed by atoms with Crippen LogP contribution in [0, 0.1) is 11.3 Å². The highest BCUT2D eigenvalue weighted by Crippen LogP contribution is 2.33. The highest BCUT2D eigenvalue weighted by molar-refractivity contribution is 7.92. The van der Waals surface area contributed by atoms with Crippen LogP contribution in [0.1, 0.15) is 17.0 Å². The van der Waals surface area contributed by atoms with Gasteiger partial charge in [-0.1, -0.05) is 60.1 Å². The van der Waals surface area contributed by atoms with Crippen LogP contribution >= 0.6 is 11.6 Å². The second-order valence-electron chi connectivity index (χ2n) is 5.97. The van der Waals surface area contributed by atoms with Gasteiger partial charge in [-0.05, 0) is 35.4 Å². The minimum Gasteiger partial charge on any atom is -0.495 e. The van der Waals surface area contributed by atoms with Gasteiger partial charge in [0.05, 0.1) is 24.8 Å². The summed E-state index contributed by atoms with van der Waals surface area (Å²) in [5, 5.41) is 9.89. The molecule has 28 heavy (non-hydrogen) atoms. The van der Waals surface area contributed by atoms with Crippen molar-refractivity contribution < 1.29 is 13.2 Å². The number of methoxy groups -OCH3 is 1. The molecular formula is C21H17ClN2O3S. The third-order valence-electron chi connectivity index (χ3n) is 4.18. The largest absolute Gasteiger partial charge is 0.495 e. The number of benzene rings is 3. The van der Waals surface area contributed by atoms with Gasteiger partial charge in [-0.2, -0.15) is 5.26 Å². The molecule has 0 saturated heterocycles. The molecule has 1 N–H and O–H groups in total. The lowest BCUT2D eigenvalue weighted by Gasteiger charge is -2.15. The molecule has 0 bridgehead atoms. The average molecular weight is 413 g/mol. The summed E-state index contributed by atoms with van der Waals surface area (Å²) in [5.74, 6) is -0.306. The molecule has 0 spiro atoms. The van der Waals surface area contributed by atoms with E-state index in [1.807, 2.05) is 30.3 Å². The lowest BCUT2D eigenvalue weighted by molar-refractivity contribution is 0.403. The lowest BCUT2D eigenvalue weighted by Crippen LogP contribution is -2.14. The summed E-state index contributed by atoms with van der Waals surface area (Å²) < 4.78 is 33.0. The number of nitrogens with one attached hydrogen (secondary N) is 1. The molecule has 0 aliphatic carbocycles. The zero-order chi connectivity index (χ0) is 20.1. The number of nitrogens with zero attached hydrogens (tertiary/aromatic N) is 1.